The first kappa shape index (κ1) is 17.8. The molecule has 1 unspecified atom stereocenters. The van der Waals surface area contributed by atoms with Gasteiger partial charge in [0.1, 0.15) is 5.82 Å². The van der Waals surface area contributed by atoms with Gasteiger partial charge in [-0.2, -0.15) is 0 Å². The van der Waals surface area contributed by atoms with E-state index in [0.717, 1.165) is 25.3 Å². The average Bonchev–Trinajstić information content (AvgIpc) is 2.52. The van der Waals surface area contributed by atoms with Crippen molar-refractivity contribution in [1.29, 1.82) is 0 Å². The normalized spacial score (nSPS) is 18.8. The van der Waals surface area contributed by atoms with Crippen LogP contribution >= 0.6 is 0 Å². The maximum absolute atomic E-state index is 13.2. The van der Waals surface area contributed by atoms with Crippen LogP contribution in [0.1, 0.15) is 12.5 Å². The zero-order valence-corrected chi connectivity index (χ0v) is 13.9. The molecule has 1 aromatic carbocycles. The molecule has 0 saturated carbocycles. The van der Waals surface area contributed by atoms with Crippen LogP contribution < -0.4 is 5.32 Å². The van der Waals surface area contributed by atoms with Gasteiger partial charge in [0.25, 0.3) is 0 Å². The van der Waals surface area contributed by atoms with Crippen LogP contribution in [-0.2, 0) is 16.1 Å². The van der Waals surface area contributed by atoms with Crippen LogP contribution in [0.3, 0.4) is 0 Å². The predicted octanol–water partition coefficient (Wildman–Crippen LogP) is 1.09. The fourth-order valence-electron chi connectivity index (χ4n) is 2.67. The highest BCUT2D eigenvalue weighted by Crippen LogP contribution is 2.07. The Morgan fingerprint density at radius 1 is 1.52 bits per heavy atom. The summed E-state index contributed by atoms with van der Waals surface area (Å²) in [5.74, 6) is -0.261. The Hall–Kier alpha value is -1.50. The summed E-state index contributed by atoms with van der Waals surface area (Å²) in [5.41, 5.74) is 0.803. The summed E-state index contributed by atoms with van der Waals surface area (Å²) in [4.78, 5) is 16.2. The number of likely N-dealkylation sites (N-methyl/N-ethyl adjacent to an activating group) is 2. The Morgan fingerprint density at radius 3 is 3.04 bits per heavy atom. The van der Waals surface area contributed by atoms with Crippen LogP contribution in [0.25, 0.3) is 0 Å². The second kappa shape index (κ2) is 8.96. The molecule has 2 rings (SSSR count). The van der Waals surface area contributed by atoms with Crippen molar-refractivity contribution in [3.8, 4) is 0 Å². The largest absolute Gasteiger partial charge is 0.374 e. The van der Waals surface area contributed by atoms with Crippen molar-refractivity contribution in [3.05, 3.63) is 35.6 Å². The van der Waals surface area contributed by atoms with Gasteiger partial charge in [-0.3, -0.25) is 4.79 Å². The molecule has 0 aromatic heterocycles. The van der Waals surface area contributed by atoms with Crippen LogP contribution in [0.4, 0.5) is 4.39 Å². The Balaban J connectivity index is 1.76. The van der Waals surface area contributed by atoms with Crippen molar-refractivity contribution in [2.24, 2.45) is 0 Å². The smallest absolute Gasteiger partial charge is 0.236 e. The molecule has 1 aliphatic heterocycles. The molecule has 1 atom stereocenters. The molecule has 0 aliphatic carbocycles. The maximum atomic E-state index is 13.2. The minimum Gasteiger partial charge on any atom is -0.374 e. The molecule has 1 heterocycles. The van der Waals surface area contributed by atoms with Crippen molar-refractivity contribution in [2.45, 2.75) is 19.6 Å². The van der Waals surface area contributed by atoms with E-state index in [4.69, 9.17) is 4.74 Å². The molecule has 6 heteroatoms. The lowest BCUT2D eigenvalue weighted by molar-refractivity contribution is -0.130. The molecule has 5 nitrogen and oxygen atoms in total. The SMILES string of the molecule is CCN(Cc1cccc(F)c1)C(=O)CNCC1CN(C)CCO1. The second-order valence-corrected chi connectivity index (χ2v) is 5.92. The van der Waals surface area contributed by atoms with Gasteiger partial charge in [0, 0.05) is 32.7 Å². The quantitative estimate of drug-likeness (QED) is 0.816. The van der Waals surface area contributed by atoms with Gasteiger partial charge in [-0.25, -0.2) is 4.39 Å². The number of nitrogens with zero attached hydrogens (tertiary/aromatic N) is 2. The highest BCUT2D eigenvalue weighted by molar-refractivity contribution is 5.78. The number of morpholine rings is 1. The van der Waals surface area contributed by atoms with Crippen molar-refractivity contribution < 1.29 is 13.9 Å². The van der Waals surface area contributed by atoms with Crippen molar-refractivity contribution in [3.63, 3.8) is 0 Å². The highest BCUT2D eigenvalue weighted by Gasteiger charge is 2.18. The van der Waals surface area contributed by atoms with Gasteiger partial charge < -0.3 is 19.9 Å². The molecule has 1 aromatic rings. The fraction of sp³-hybridized carbons (Fsp3) is 0.588. The number of ether oxygens (including phenoxy) is 1. The lowest BCUT2D eigenvalue weighted by atomic mass is 10.2. The number of rotatable bonds is 7. The summed E-state index contributed by atoms with van der Waals surface area (Å²) >= 11 is 0. The summed E-state index contributed by atoms with van der Waals surface area (Å²) in [5, 5.41) is 3.17. The van der Waals surface area contributed by atoms with E-state index in [2.05, 4.69) is 17.3 Å². The third-order valence-electron chi connectivity index (χ3n) is 3.99. The van der Waals surface area contributed by atoms with E-state index in [1.54, 1.807) is 11.0 Å². The number of benzene rings is 1. The molecule has 1 aliphatic rings. The van der Waals surface area contributed by atoms with Crippen LogP contribution in [0.15, 0.2) is 24.3 Å². The van der Waals surface area contributed by atoms with Gasteiger partial charge in [-0.05, 0) is 31.7 Å². The molecule has 128 valence electrons. The summed E-state index contributed by atoms with van der Waals surface area (Å²) < 4.78 is 18.9. The standard InChI is InChI=1S/C17H26FN3O2/c1-3-21(12-14-5-4-6-15(18)9-14)17(22)11-19-10-16-13-20(2)7-8-23-16/h4-6,9,16,19H,3,7-8,10-13H2,1-2H3. The number of carbonyl (C=O) groups excluding carboxylic acids is 1. The fourth-order valence-corrected chi connectivity index (χ4v) is 2.67. The monoisotopic (exact) mass is 323 g/mol. The Morgan fingerprint density at radius 2 is 2.35 bits per heavy atom. The summed E-state index contributed by atoms with van der Waals surface area (Å²) in [6.07, 6.45) is 0.125. The van der Waals surface area contributed by atoms with Crippen LogP contribution in [-0.4, -0.2) is 68.2 Å². The average molecular weight is 323 g/mol. The highest BCUT2D eigenvalue weighted by atomic mass is 19.1. The number of halogens is 1. The Kier molecular flexibility index (Phi) is 6.95. The summed E-state index contributed by atoms with van der Waals surface area (Å²) in [6, 6.07) is 6.37. The van der Waals surface area contributed by atoms with Crippen molar-refractivity contribution >= 4 is 5.91 Å². The number of amides is 1. The first-order valence-corrected chi connectivity index (χ1v) is 8.11. The lowest BCUT2D eigenvalue weighted by Crippen LogP contribution is -2.46. The molecule has 1 amide bonds. The van der Waals surface area contributed by atoms with E-state index < -0.39 is 0 Å². The Bertz CT molecular complexity index is 512. The van der Waals surface area contributed by atoms with Gasteiger partial charge >= 0.3 is 0 Å². The molecular weight excluding hydrogens is 297 g/mol. The van der Waals surface area contributed by atoms with E-state index >= 15 is 0 Å². The van der Waals surface area contributed by atoms with Crippen LogP contribution in [0, 0.1) is 5.82 Å². The third-order valence-corrected chi connectivity index (χ3v) is 3.99. The molecule has 1 saturated heterocycles. The third kappa shape index (κ3) is 5.89. The number of hydrogen-bond donors (Lipinski definition) is 1. The van der Waals surface area contributed by atoms with E-state index in [1.807, 2.05) is 13.0 Å². The number of carbonyl (C=O) groups is 1. The van der Waals surface area contributed by atoms with Crippen molar-refractivity contribution in [1.82, 2.24) is 15.1 Å². The van der Waals surface area contributed by atoms with E-state index in [1.165, 1.54) is 12.1 Å². The van der Waals surface area contributed by atoms with E-state index in [-0.39, 0.29) is 24.4 Å². The lowest BCUT2D eigenvalue weighted by Gasteiger charge is -2.30. The van der Waals surface area contributed by atoms with Gasteiger partial charge in [-0.15, -0.1) is 0 Å². The molecule has 1 fully saturated rings. The minimum atomic E-state index is -0.275. The molecule has 1 N–H and O–H groups in total. The van der Waals surface area contributed by atoms with Crippen molar-refractivity contribution in [2.75, 3.05) is 46.4 Å². The second-order valence-electron chi connectivity index (χ2n) is 5.92. The number of hydrogen-bond acceptors (Lipinski definition) is 4. The minimum absolute atomic E-state index is 0.0147. The van der Waals surface area contributed by atoms with Gasteiger partial charge in [0.2, 0.25) is 5.91 Å². The number of nitrogens with one attached hydrogen (secondary N) is 1. The Labute approximate surface area is 137 Å². The van der Waals surface area contributed by atoms with E-state index in [0.29, 0.717) is 19.6 Å². The summed E-state index contributed by atoms with van der Waals surface area (Å²) in [6.45, 7) is 6.44. The first-order valence-electron chi connectivity index (χ1n) is 8.11. The topological polar surface area (TPSA) is 44.8 Å². The zero-order valence-electron chi connectivity index (χ0n) is 13.9. The molecule has 0 spiro atoms. The molecule has 0 radical (unpaired) electrons. The zero-order chi connectivity index (χ0) is 16.7. The maximum Gasteiger partial charge on any atom is 0.236 e. The van der Waals surface area contributed by atoms with Crippen LogP contribution in [0.2, 0.25) is 0 Å². The van der Waals surface area contributed by atoms with Gasteiger partial charge in [0.15, 0.2) is 0 Å². The van der Waals surface area contributed by atoms with Gasteiger partial charge in [-0.1, -0.05) is 12.1 Å². The molecule has 23 heavy (non-hydrogen) atoms. The first-order chi connectivity index (χ1) is 11.1. The van der Waals surface area contributed by atoms with Crippen LogP contribution in [0.5, 0.6) is 0 Å². The molecular formula is C17H26FN3O2. The van der Waals surface area contributed by atoms with E-state index in [9.17, 15) is 9.18 Å². The summed E-state index contributed by atoms with van der Waals surface area (Å²) in [7, 11) is 2.07. The van der Waals surface area contributed by atoms with Gasteiger partial charge in [0.05, 0.1) is 19.3 Å². The predicted molar refractivity (Wildman–Crippen MR) is 87.6 cm³/mol. The molecule has 0 bridgehead atoms.